The summed E-state index contributed by atoms with van der Waals surface area (Å²) in [4.78, 5) is 16.1. The number of nitrogens with one attached hydrogen (secondary N) is 1. The molecule has 108 valence electrons. The average molecular weight is 349 g/mol. The minimum Gasteiger partial charge on any atom is -0.346 e. The molecular formula is C15H13BrN2O3. The molecule has 2 heterocycles. The quantitative estimate of drug-likeness (QED) is 0.865. The zero-order valence-electron chi connectivity index (χ0n) is 11.1. The second-order valence-electron chi connectivity index (χ2n) is 4.52. The molecule has 1 saturated heterocycles. The summed E-state index contributed by atoms with van der Waals surface area (Å²) in [7, 11) is 0. The molecule has 0 radical (unpaired) electrons. The highest BCUT2D eigenvalue weighted by Gasteiger charge is 2.17. The van der Waals surface area contributed by atoms with E-state index in [2.05, 4.69) is 26.2 Å². The number of anilines is 1. The van der Waals surface area contributed by atoms with Gasteiger partial charge in [0.15, 0.2) is 6.29 Å². The highest BCUT2D eigenvalue weighted by molar-refractivity contribution is 9.10. The Morgan fingerprint density at radius 2 is 1.90 bits per heavy atom. The average Bonchev–Trinajstić information content (AvgIpc) is 3.02. The lowest BCUT2D eigenvalue weighted by Crippen LogP contribution is -2.12. The normalized spacial score (nSPS) is 15.1. The Balaban J connectivity index is 1.68. The molecule has 1 aliphatic rings. The molecule has 0 unspecified atom stereocenters. The Morgan fingerprint density at radius 1 is 1.19 bits per heavy atom. The van der Waals surface area contributed by atoms with Gasteiger partial charge in [-0.25, -0.2) is 4.98 Å². The molecule has 0 atom stereocenters. The summed E-state index contributed by atoms with van der Waals surface area (Å²) < 4.78 is 11.5. The van der Waals surface area contributed by atoms with Gasteiger partial charge in [0.25, 0.3) is 5.91 Å². The van der Waals surface area contributed by atoms with Crippen LogP contribution in [0.4, 0.5) is 5.69 Å². The van der Waals surface area contributed by atoms with E-state index >= 15 is 0 Å². The molecule has 0 spiro atoms. The number of pyridine rings is 1. The Kier molecular flexibility index (Phi) is 4.28. The summed E-state index contributed by atoms with van der Waals surface area (Å²) >= 11 is 3.24. The molecule has 5 nitrogen and oxygen atoms in total. The van der Waals surface area contributed by atoms with E-state index < -0.39 is 0 Å². The maximum absolute atomic E-state index is 12.1. The van der Waals surface area contributed by atoms with Crippen molar-refractivity contribution < 1.29 is 14.3 Å². The summed E-state index contributed by atoms with van der Waals surface area (Å²) in [6, 6.07) is 10.8. The van der Waals surface area contributed by atoms with Crippen molar-refractivity contribution in [3.8, 4) is 0 Å². The van der Waals surface area contributed by atoms with Crippen molar-refractivity contribution in [1.29, 1.82) is 0 Å². The van der Waals surface area contributed by atoms with Crippen molar-refractivity contribution in [2.24, 2.45) is 0 Å². The molecule has 1 N–H and O–H groups in total. The third-order valence-corrected chi connectivity index (χ3v) is 3.48. The maximum atomic E-state index is 12.1. The molecule has 0 saturated carbocycles. The monoisotopic (exact) mass is 348 g/mol. The fourth-order valence-corrected chi connectivity index (χ4v) is 2.39. The van der Waals surface area contributed by atoms with E-state index in [1.54, 1.807) is 18.3 Å². The summed E-state index contributed by atoms with van der Waals surface area (Å²) in [5, 5.41) is 2.83. The second-order valence-corrected chi connectivity index (χ2v) is 5.33. The van der Waals surface area contributed by atoms with Gasteiger partial charge in [-0.2, -0.15) is 0 Å². The van der Waals surface area contributed by atoms with Gasteiger partial charge in [0.1, 0.15) is 4.60 Å². The van der Waals surface area contributed by atoms with Crippen LogP contribution < -0.4 is 5.32 Å². The Hall–Kier alpha value is -1.76. The van der Waals surface area contributed by atoms with Crippen LogP contribution in [0.3, 0.4) is 0 Å². The number of ether oxygens (including phenoxy) is 2. The minimum atomic E-state index is -0.300. The molecule has 3 rings (SSSR count). The molecular weight excluding hydrogens is 336 g/mol. The highest BCUT2D eigenvalue weighted by atomic mass is 79.9. The standard InChI is InChI=1S/C15H13BrN2O3/c16-13-9-11(5-6-17-13)14(19)18-12-3-1-10(2-4-12)15-20-7-8-21-15/h1-6,9,15H,7-8H2,(H,18,19). The van der Waals surface area contributed by atoms with Crippen LogP contribution in [-0.2, 0) is 9.47 Å². The van der Waals surface area contributed by atoms with Gasteiger partial charge in [-0.1, -0.05) is 12.1 Å². The molecule has 21 heavy (non-hydrogen) atoms. The van der Waals surface area contributed by atoms with E-state index in [-0.39, 0.29) is 12.2 Å². The van der Waals surface area contributed by atoms with Gasteiger partial charge in [-0.05, 0) is 40.2 Å². The number of carbonyl (C=O) groups excluding carboxylic acids is 1. The predicted octanol–water partition coefficient (Wildman–Crippen LogP) is 3.14. The summed E-state index contributed by atoms with van der Waals surface area (Å²) in [5.74, 6) is -0.181. The zero-order chi connectivity index (χ0) is 14.7. The van der Waals surface area contributed by atoms with Gasteiger partial charge in [-0.3, -0.25) is 4.79 Å². The summed E-state index contributed by atoms with van der Waals surface area (Å²) in [6.07, 6.45) is 1.28. The van der Waals surface area contributed by atoms with Crippen LogP contribution in [0.15, 0.2) is 47.2 Å². The topological polar surface area (TPSA) is 60.5 Å². The number of amides is 1. The zero-order valence-corrected chi connectivity index (χ0v) is 12.7. The van der Waals surface area contributed by atoms with Crippen molar-refractivity contribution in [2.75, 3.05) is 18.5 Å². The smallest absolute Gasteiger partial charge is 0.255 e. The molecule has 1 aromatic carbocycles. The molecule has 1 fully saturated rings. The number of aromatic nitrogens is 1. The lowest BCUT2D eigenvalue weighted by molar-refractivity contribution is -0.0441. The van der Waals surface area contributed by atoms with Crippen LogP contribution in [0.2, 0.25) is 0 Å². The first-order valence-electron chi connectivity index (χ1n) is 6.48. The van der Waals surface area contributed by atoms with Crippen LogP contribution in [-0.4, -0.2) is 24.1 Å². The van der Waals surface area contributed by atoms with Gasteiger partial charge in [0, 0.05) is 23.0 Å². The van der Waals surface area contributed by atoms with Crippen molar-refractivity contribution in [3.63, 3.8) is 0 Å². The van der Waals surface area contributed by atoms with Crippen LogP contribution in [0.5, 0.6) is 0 Å². The third-order valence-electron chi connectivity index (χ3n) is 3.05. The summed E-state index contributed by atoms with van der Waals surface area (Å²) in [5.41, 5.74) is 2.20. The third kappa shape index (κ3) is 3.47. The van der Waals surface area contributed by atoms with Gasteiger partial charge < -0.3 is 14.8 Å². The fourth-order valence-electron chi connectivity index (χ4n) is 2.02. The number of benzene rings is 1. The fraction of sp³-hybridized carbons (Fsp3) is 0.200. The second kappa shape index (κ2) is 6.34. The minimum absolute atomic E-state index is 0.181. The first-order valence-corrected chi connectivity index (χ1v) is 7.28. The molecule has 1 aliphatic heterocycles. The van der Waals surface area contributed by atoms with Crippen molar-refractivity contribution in [3.05, 3.63) is 58.3 Å². The number of nitrogens with zero attached hydrogens (tertiary/aromatic N) is 1. The Morgan fingerprint density at radius 3 is 2.57 bits per heavy atom. The van der Waals surface area contributed by atoms with E-state index in [0.29, 0.717) is 23.4 Å². The van der Waals surface area contributed by atoms with E-state index in [1.165, 1.54) is 0 Å². The summed E-state index contributed by atoms with van der Waals surface area (Å²) in [6.45, 7) is 1.22. The number of rotatable bonds is 3. The number of hydrogen-bond acceptors (Lipinski definition) is 4. The first kappa shape index (κ1) is 14.2. The van der Waals surface area contributed by atoms with Gasteiger partial charge in [0.2, 0.25) is 0 Å². The Bertz CT molecular complexity index is 640. The largest absolute Gasteiger partial charge is 0.346 e. The molecule has 0 aliphatic carbocycles. The lowest BCUT2D eigenvalue weighted by atomic mass is 10.2. The molecule has 2 aromatic rings. The number of hydrogen-bond donors (Lipinski definition) is 1. The highest BCUT2D eigenvalue weighted by Crippen LogP contribution is 2.24. The van der Waals surface area contributed by atoms with E-state index in [0.717, 1.165) is 11.3 Å². The first-order chi connectivity index (χ1) is 10.2. The van der Waals surface area contributed by atoms with Crippen LogP contribution in [0.25, 0.3) is 0 Å². The van der Waals surface area contributed by atoms with E-state index in [9.17, 15) is 4.79 Å². The number of halogens is 1. The predicted molar refractivity (Wildman–Crippen MR) is 81.0 cm³/mol. The van der Waals surface area contributed by atoms with E-state index in [1.807, 2.05) is 24.3 Å². The lowest BCUT2D eigenvalue weighted by Gasteiger charge is -2.10. The molecule has 0 bridgehead atoms. The maximum Gasteiger partial charge on any atom is 0.255 e. The SMILES string of the molecule is O=C(Nc1ccc(C2OCCO2)cc1)c1ccnc(Br)c1. The number of carbonyl (C=O) groups is 1. The van der Waals surface area contributed by atoms with Crippen LogP contribution in [0.1, 0.15) is 22.2 Å². The van der Waals surface area contributed by atoms with Crippen molar-refractivity contribution in [2.45, 2.75) is 6.29 Å². The van der Waals surface area contributed by atoms with Gasteiger partial charge >= 0.3 is 0 Å². The van der Waals surface area contributed by atoms with E-state index in [4.69, 9.17) is 9.47 Å². The molecule has 1 amide bonds. The van der Waals surface area contributed by atoms with Crippen LogP contribution in [0, 0.1) is 0 Å². The molecule has 6 heteroatoms. The van der Waals surface area contributed by atoms with Crippen molar-refractivity contribution >= 4 is 27.5 Å². The Labute approximate surface area is 130 Å². The molecule has 1 aromatic heterocycles. The van der Waals surface area contributed by atoms with Gasteiger partial charge in [0.05, 0.1) is 13.2 Å². The van der Waals surface area contributed by atoms with Crippen molar-refractivity contribution in [1.82, 2.24) is 4.98 Å². The van der Waals surface area contributed by atoms with Gasteiger partial charge in [-0.15, -0.1) is 0 Å². The van der Waals surface area contributed by atoms with Crippen LogP contribution >= 0.6 is 15.9 Å².